The molecule has 0 amide bonds. The first kappa shape index (κ1) is 15.1. The van der Waals surface area contributed by atoms with E-state index in [1.807, 2.05) is 18.2 Å². The molecule has 1 aromatic heterocycles. The Hall–Kier alpha value is -1.80. The lowest BCUT2D eigenvalue weighted by Crippen LogP contribution is -2.24. The van der Waals surface area contributed by atoms with Crippen molar-refractivity contribution in [2.24, 2.45) is 5.92 Å². The van der Waals surface area contributed by atoms with Crippen molar-refractivity contribution in [2.75, 3.05) is 5.73 Å². The molecule has 0 saturated heterocycles. The fraction of sp³-hybridized carbons (Fsp3) is 0.316. The summed E-state index contributed by atoms with van der Waals surface area (Å²) in [5, 5.41) is 1.11. The fourth-order valence-corrected chi connectivity index (χ4v) is 4.10. The number of para-hydroxylation sites is 1. The SMILES string of the molecule is C=CCC1=CC2Cc3nc4ccccc4c(N)c3C(C1)C2.Cl. The average molecular weight is 313 g/mol. The number of hydrogen-bond acceptors (Lipinski definition) is 2. The summed E-state index contributed by atoms with van der Waals surface area (Å²) in [7, 11) is 0. The van der Waals surface area contributed by atoms with E-state index in [9.17, 15) is 0 Å². The van der Waals surface area contributed by atoms with Gasteiger partial charge in [0.25, 0.3) is 0 Å². The fourth-order valence-electron chi connectivity index (χ4n) is 4.10. The van der Waals surface area contributed by atoms with Gasteiger partial charge in [0, 0.05) is 22.3 Å². The number of allylic oxidation sites excluding steroid dienone is 3. The number of fused-ring (bicyclic) bond motifs is 5. The van der Waals surface area contributed by atoms with Gasteiger partial charge in [-0.3, -0.25) is 4.98 Å². The quantitative estimate of drug-likeness (QED) is 0.810. The maximum absolute atomic E-state index is 6.52. The summed E-state index contributed by atoms with van der Waals surface area (Å²) >= 11 is 0. The summed E-state index contributed by atoms with van der Waals surface area (Å²) in [5.41, 5.74) is 12.6. The molecule has 3 heteroatoms. The molecule has 2 aliphatic rings. The summed E-state index contributed by atoms with van der Waals surface area (Å²) in [4.78, 5) is 4.90. The highest BCUT2D eigenvalue weighted by Crippen LogP contribution is 2.46. The molecule has 0 radical (unpaired) electrons. The Morgan fingerprint density at radius 2 is 2.09 bits per heavy atom. The number of aromatic nitrogens is 1. The molecule has 2 bridgehead atoms. The van der Waals surface area contributed by atoms with Gasteiger partial charge in [0.2, 0.25) is 0 Å². The second kappa shape index (κ2) is 5.77. The molecular formula is C19H21ClN2. The zero-order valence-corrected chi connectivity index (χ0v) is 13.4. The maximum Gasteiger partial charge on any atom is 0.0726 e. The van der Waals surface area contributed by atoms with Crippen LogP contribution in [0.5, 0.6) is 0 Å². The predicted octanol–water partition coefficient (Wildman–Crippen LogP) is 4.79. The second-order valence-electron chi connectivity index (χ2n) is 6.32. The van der Waals surface area contributed by atoms with Crippen LogP contribution in [0.4, 0.5) is 5.69 Å². The molecule has 0 saturated carbocycles. The van der Waals surface area contributed by atoms with E-state index in [-0.39, 0.29) is 12.4 Å². The maximum atomic E-state index is 6.52. The first-order valence-corrected chi connectivity index (χ1v) is 7.73. The third-order valence-corrected chi connectivity index (χ3v) is 4.89. The Morgan fingerprint density at radius 1 is 1.27 bits per heavy atom. The Balaban J connectivity index is 0.00000144. The van der Waals surface area contributed by atoms with Crippen LogP contribution in [0.1, 0.15) is 36.4 Å². The summed E-state index contributed by atoms with van der Waals surface area (Å²) in [6.07, 6.45) is 8.83. The van der Waals surface area contributed by atoms with Crippen LogP contribution in [0.3, 0.4) is 0 Å². The normalized spacial score (nSPS) is 22.5. The monoisotopic (exact) mass is 312 g/mol. The molecule has 114 valence electrons. The lowest BCUT2D eigenvalue weighted by molar-refractivity contribution is 0.431. The van der Waals surface area contributed by atoms with Crippen LogP contribution in [-0.2, 0) is 6.42 Å². The number of halogens is 1. The Morgan fingerprint density at radius 3 is 2.91 bits per heavy atom. The van der Waals surface area contributed by atoms with E-state index < -0.39 is 0 Å². The van der Waals surface area contributed by atoms with Crippen molar-refractivity contribution in [2.45, 2.75) is 31.6 Å². The molecule has 2 N–H and O–H groups in total. The molecule has 1 aromatic carbocycles. The van der Waals surface area contributed by atoms with Gasteiger partial charge in [-0.1, -0.05) is 35.9 Å². The van der Waals surface area contributed by atoms with Crippen molar-refractivity contribution in [3.8, 4) is 0 Å². The predicted molar refractivity (Wildman–Crippen MR) is 95.5 cm³/mol. The van der Waals surface area contributed by atoms with Gasteiger partial charge in [0.1, 0.15) is 0 Å². The third kappa shape index (κ3) is 2.32. The van der Waals surface area contributed by atoms with Gasteiger partial charge >= 0.3 is 0 Å². The molecular weight excluding hydrogens is 292 g/mol. The number of hydrogen-bond donors (Lipinski definition) is 1. The minimum Gasteiger partial charge on any atom is -0.398 e. The summed E-state index contributed by atoms with van der Waals surface area (Å²) in [6, 6.07) is 8.23. The van der Waals surface area contributed by atoms with E-state index in [4.69, 9.17) is 10.7 Å². The highest BCUT2D eigenvalue weighted by atomic mass is 35.5. The molecule has 22 heavy (non-hydrogen) atoms. The molecule has 0 fully saturated rings. The Kier molecular flexibility index (Phi) is 3.96. The first-order chi connectivity index (χ1) is 10.3. The van der Waals surface area contributed by atoms with Crippen molar-refractivity contribution in [1.29, 1.82) is 0 Å². The van der Waals surface area contributed by atoms with Crippen LogP contribution in [0, 0.1) is 5.92 Å². The number of anilines is 1. The van der Waals surface area contributed by atoms with E-state index in [0.29, 0.717) is 11.8 Å². The van der Waals surface area contributed by atoms with Crippen LogP contribution in [0.15, 0.2) is 48.6 Å². The Labute approximate surface area is 137 Å². The van der Waals surface area contributed by atoms with Gasteiger partial charge in [0.05, 0.1) is 5.52 Å². The van der Waals surface area contributed by atoms with Crippen molar-refractivity contribution < 1.29 is 0 Å². The van der Waals surface area contributed by atoms with Crippen molar-refractivity contribution in [1.82, 2.24) is 4.98 Å². The van der Waals surface area contributed by atoms with Crippen molar-refractivity contribution in [3.05, 3.63) is 59.8 Å². The lowest BCUT2D eigenvalue weighted by atomic mass is 9.70. The van der Waals surface area contributed by atoms with E-state index >= 15 is 0 Å². The molecule has 2 unspecified atom stereocenters. The van der Waals surface area contributed by atoms with Crippen LogP contribution >= 0.6 is 12.4 Å². The van der Waals surface area contributed by atoms with Crippen LogP contribution in [-0.4, -0.2) is 4.98 Å². The number of nitrogen functional groups attached to an aromatic ring is 1. The van der Waals surface area contributed by atoms with Gasteiger partial charge in [-0.15, -0.1) is 19.0 Å². The summed E-state index contributed by atoms with van der Waals surface area (Å²) in [5.74, 6) is 1.16. The van der Waals surface area contributed by atoms with Gasteiger partial charge in [-0.05, 0) is 43.6 Å². The van der Waals surface area contributed by atoms with E-state index in [1.54, 1.807) is 0 Å². The zero-order chi connectivity index (χ0) is 14.4. The van der Waals surface area contributed by atoms with Crippen LogP contribution < -0.4 is 5.73 Å². The molecule has 2 aliphatic carbocycles. The standard InChI is InChI=1S/C19H20N2.ClH/c1-2-5-12-8-13-10-14(9-12)18-17(11-13)21-16-7-4-3-6-15(16)19(18)20;/h2-4,6-8,13-14H,1,5,9-11H2,(H2,20,21);1H. The third-order valence-electron chi connectivity index (χ3n) is 4.89. The first-order valence-electron chi connectivity index (χ1n) is 7.73. The number of nitrogens with two attached hydrogens (primary N) is 1. The molecule has 1 heterocycles. The minimum atomic E-state index is 0. The van der Waals surface area contributed by atoms with Crippen LogP contribution in [0.2, 0.25) is 0 Å². The summed E-state index contributed by atoms with van der Waals surface area (Å²) < 4.78 is 0. The summed E-state index contributed by atoms with van der Waals surface area (Å²) in [6.45, 7) is 3.87. The molecule has 2 atom stereocenters. The van der Waals surface area contributed by atoms with Crippen molar-refractivity contribution in [3.63, 3.8) is 0 Å². The minimum absolute atomic E-state index is 0. The molecule has 2 nitrogen and oxygen atoms in total. The van der Waals surface area contributed by atoms with Gasteiger partial charge in [-0.2, -0.15) is 0 Å². The highest BCUT2D eigenvalue weighted by molar-refractivity contribution is 5.92. The van der Waals surface area contributed by atoms with Gasteiger partial charge in [0.15, 0.2) is 0 Å². The van der Waals surface area contributed by atoms with Crippen LogP contribution in [0.25, 0.3) is 10.9 Å². The smallest absolute Gasteiger partial charge is 0.0726 e. The number of benzene rings is 1. The largest absolute Gasteiger partial charge is 0.398 e. The van der Waals surface area contributed by atoms with Gasteiger partial charge < -0.3 is 5.73 Å². The van der Waals surface area contributed by atoms with E-state index in [1.165, 1.54) is 23.3 Å². The van der Waals surface area contributed by atoms with Crippen molar-refractivity contribution >= 4 is 29.0 Å². The van der Waals surface area contributed by atoms with Gasteiger partial charge in [-0.25, -0.2) is 0 Å². The molecule has 2 aromatic rings. The second-order valence-corrected chi connectivity index (χ2v) is 6.32. The Bertz CT molecular complexity index is 763. The molecule has 4 rings (SSSR count). The zero-order valence-electron chi connectivity index (χ0n) is 12.6. The number of pyridine rings is 1. The average Bonchev–Trinajstić information content (AvgIpc) is 2.47. The van der Waals surface area contributed by atoms with E-state index in [0.717, 1.165) is 35.9 Å². The van der Waals surface area contributed by atoms with E-state index in [2.05, 4.69) is 24.8 Å². The lowest BCUT2D eigenvalue weighted by Gasteiger charge is -2.35. The number of rotatable bonds is 2. The molecule has 0 aliphatic heterocycles. The highest BCUT2D eigenvalue weighted by Gasteiger charge is 2.33. The number of nitrogens with zero attached hydrogens (tertiary/aromatic N) is 1. The topological polar surface area (TPSA) is 38.9 Å². The molecule has 0 spiro atoms.